The number of halogens is 1. The van der Waals surface area contributed by atoms with E-state index >= 15 is 4.39 Å². The molecule has 0 fully saturated rings. The first-order chi connectivity index (χ1) is 18.9. The largest absolute Gasteiger partial charge is 0.372 e. The topological polar surface area (TPSA) is 15.6 Å². The van der Waals surface area contributed by atoms with Crippen LogP contribution < -0.4 is 4.90 Å². The minimum absolute atomic E-state index is 0.251. The van der Waals surface area contributed by atoms with Gasteiger partial charge in [-0.3, -0.25) is 4.99 Å². The van der Waals surface area contributed by atoms with Gasteiger partial charge in [-0.05, 0) is 87.2 Å². The van der Waals surface area contributed by atoms with Gasteiger partial charge in [0.15, 0.2) is 0 Å². The van der Waals surface area contributed by atoms with E-state index in [1.165, 1.54) is 36.8 Å². The molecule has 0 bridgehead atoms. The van der Waals surface area contributed by atoms with Crippen molar-refractivity contribution in [2.75, 3.05) is 50.7 Å². The molecular weight excluding hydrogens is 481 g/mol. The molecule has 214 valence electrons. The number of nitrogens with zero attached hydrogens (tertiary/aromatic N) is 3. The molecule has 39 heavy (non-hydrogen) atoms. The van der Waals surface area contributed by atoms with E-state index in [0.29, 0.717) is 5.57 Å². The molecular formula is C35H53FN3+. The molecule has 0 radical (unpaired) electrons. The second-order valence-electron chi connectivity index (χ2n) is 10.5. The van der Waals surface area contributed by atoms with Crippen LogP contribution in [0.4, 0.5) is 10.1 Å². The van der Waals surface area contributed by atoms with E-state index in [0.717, 1.165) is 67.7 Å². The van der Waals surface area contributed by atoms with Gasteiger partial charge in [-0.15, -0.1) is 0 Å². The lowest BCUT2D eigenvalue weighted by molar-refractivity contribution is -0.923. The minimum Gasteiger partial charge on any atom is -0.372 e. The third kappa shape index (κ3) is 10.4. The zero-order valence-corrected chi connectivity index (χ0v) is 25.6. The Bertz CT molecular complexity index is 1090. The summed E-state index contributed by atoms with van der Waals surface area (Å²) in [5.41, 5.74) is 2.68. The molecule has 2 rings (SSSR count). The summed E-state index contributed by atoms with van der Waals surface area (Å²) in [5, 5.41) is 2.32. The van der Waals surface area contributed by atoms with Crippen molar-refractivity contribution in [2.45, 2.75) is 73.6 Å². The number of unbranched alkanes of at least 4 members (excludes halogenated alkanes) is 2. The van der Waals surface area contributed by atoms with Crippen LogP contribution in [0.25, 0.3) is 16.8 Å². The van der Waals surface area contributed by atoms with Gasteiger partial charge in [-0.2, -0.15) is 0 Å². The van der Waals surface area contributed by atoms with E-state index in [2.05, 4.69) is 74.8 Å². The fourth-order valence-corrected chi connectivity index (χ4v) is 5.08. The average Bonchev–Trinajstić information content (AvgIpc) is 2.96. The summed E-state index contributed by atoms with van der Waals surface area (Å²) in [7, 11) is 0. The highest BCUT2D eigenvalue weighted by Crippen LogP contribution is 2.26. The summed E-state index contributed by atoms with van der Waals surface area (Å²) < 4.78 is 16.4. The Hall–Kier alpha value is -2.72. The molecule has 0 saturated carbocycles. The van der Waals surface area contributed by atoms with E-state index in [-0.39, 0.29) is 5.83 Å². The summed E-state index contributed by atoms with van der Waals surface area (Å²) in [4.78, 5) is 7.05. The Morgan fingerprint density at radius 2 is 1.51 bits per heavy atom. The highest BCUT2D eigenvalue weighted by molar-refractivity contribution is 5.88. The number of hydrogen-bond acceptors (Lipinski definition) is 2. The Labute approximate surface area is 238 Å². The van der Waals surface area contributed by atoms with Crippen LogP contribution in [0.3, 0.4) is 0 Å². The number of aliphatic imine (C=N–C) groups is 1. The molecule has 0 aliphatic rings. The standard InChI is InChI=1S/C35H53FN3/c1-7-13-24-38(25-14-8-2)34-20-19-32-27-30(17-18-33(32)29-34)28-35(36)31(16-9-3)21-23-37-22-15-26-39(10-4,11-5)12-6/h9,16-21,23,27-29H,7-8,10-15,22,24-26H2,1-6H3/q+1/b16-9-,31-21+,35-28-,37-23+. The third-order valence-electron chi connectivity index (χ3n) is 7.98. The van der Waals surface area contributed by atoms with E-state index < -0.39 is 0 Å². The lowest BCUT2D eigenvalue weighted by Gasteiger charge is -2.35. The highest BCUT2D eigenvalue weighted by Gasteiger charge is 2.19. The summed E-state index contributed by atoms with van der Waals surface area (Å²) in [6, 6.07) is 12.8. The average molecular weight is 535 g/mol. The van der Waals surface area contributed by atoms with Crippen molar-refractivity contribution >= 4 is 28.8 Å². The second kappa shape index (κ2) is 17.8. The van der Waals surface area contributed by atoms with Crippen LogP contribution in [-0.4, -0.2) is 56.5 Å². The Kier molecular flexibility index (Phi) is 14.8. The normalized spacial score (nSPS) is 13.3. The van der Waals surface area contributed by atoms with Gasteiger partial charge in [0.2, 0.25) is 0 Å². The summed E-state index contributed by atoms with van der Waals surface area (Å²) >= 11 is 0. The van der Waals surface area contributed by atoms with Crippen LogP contribution in [0.2, 0.25) is 0 Å². The number of rotatable bonds is 18. The van der Waals surface area contributed by atoms with Gasteiger partial charge < -0.3 is 9.38 Å². The smallest absolute Gasteiger partial charge is 0.131 e. The number of anilines is 1. The first-order valence-electron chi connectivity index (χ1n) is 15.3. The van der Waals surface area contributed by atoms with Crippen molar-refractivity contribution in [2.24, 2.45) is 4.99 Å². The number of fused-ring (bicyclic) bond motifs is 1. The maximum atomic E-state index is 15.3. The molecule has 2 aromatic carbocycles. The number of hydrogen-bond donors (Lipinski definition) is 0. The van der Waals surface area contributed by atoms with Crippen LogP contribution in [0.1, 0.15) is 79.2 Å². The van der Waals surface area contributed by atoms with Gasteiger partial charge in [0, 0.05) is 43.5 Å². The van der Waals surface area contributed by atoms with E-state index in [1.54, 1.807) is 24.4 Å². The third-order valence-corrected chi connectivity index (χ3v) is 7.98. The molecule has 0 heterocycles. The highest BCUT2D eigenvalue weighted by atomic mass is 19.1. The zero-order valence-electron chi connectivity index (χ0n) is 25.6. The van der Waals surface area contributed by atoms with Crippen molar-refractivity contribution in [3.8, 4) is 0 Å². The maximum absolute atomic E-state index is 15.3. The van der Waals surface area contributed by atoms with Crippen molar-refractivity contribution in [3.05, 3.63) is 71.6 Å². The van der Waals surface area contributed by atoms with E-state index in [1.807, 2.05) is 19.1 Å². The molecule has 0 amide bonds. The zero-order chi connectivity index (χ0) is 28.5. The molecule has 0 aliphatic heterocycles. The molecule has 0 spiro atoms. The number of allylic oxidation sites excluding steroid dienone is 5. The van der Waals surface area contributed by atoms with Crippen LogP contribution >= 0.6 is 0 Å². The van der Waals surface area contributed by atoms with E-state index in [4.69, 9.17) is 0 Å². The Morgan fingerprint density at radius 3 is 2.13 bits per heavy atom. The fourth-order valence-electron chi connectivity index (χ4n) is 5.08. The predicted molar refractivity (Wildman–Crippen MR) is 173 cm³/mol. The number of benzene rings is 2. The summed E-state index contributed by atoms with van der Waals surface area (Å²) in [6.45, 7) is 20.8. The molecule has 4 heteroatoms. The first-order valence-corrected chi connectivity index (χ1v) is 15.3. The van der Waals surface area contributed by atoms with Crippen LogP contribution in [0.15, 0.2) is 71.0 Å². The lowest BCUT2D eigenvalue weighted by Crippen LogP contribution is -2.48. The molecule has 2 aromatic rings. The monoisotopic (exact) mass is 534 g/mol. The molecule has 0 N–H and O–H groups in total. The predicted octanol–water partition coefficient (Wildman–Crippen LogP) is 9.40. The molecule has 0 unspecified atom stereocenters. The quantitative estimate of drug-likeness (QED) is 0.0805. The van der Waals surface area contributed by atoms with Crippen molar-refractivity contribution in [1.29, 1.82) is 0 Å². The lowest BCUT2D eigenvalue weighted by atomic mass is 10.0. The van der Waals surface area contributed by atoms with Crippen molar-refractivity contribution in [3.63, 3.8) is 0 Å². The Morgan fingerprint density at radius 1 is 0.872 bits per heavy atom. The van der Waals surface area contributed by atoms with Crippen LogP contribution in [-0.2, 0) is 0 Å². The molecule has 3 nitrogen and oxygen atoms in total. The molecule has 0 aliphatic carbocycles. The molecule has 0 atom stereocenters. The van der Waals surface area contributed by atoms with E-state index in [9.17, 15) is 0 Å². The molecule has 0 aromatic heterocycles. The first kappa shape index (κ1) is 32.5. The van der Waals surface area contributed by atoms with Gasteiger partial charge in [-0.25, -0.2) is 4.39 Å². The van der Waals surface area contributed by atoms with Crippen LogP contribution in [0, 0.1) is 0 Å². The fraction of sp³-hybridized carbons (Fsp3) is 0.514. The molecule has 0 saturated heterocycles. The maximum Gasteiger partial charge on any atom is 0.131 e. The second-order valence-corrected chi connectivity index (χ2v) is 10.5. The summed E-state index contributed by atoms with van der Waals surface area (Å²) in [6.07, 6.45) is 14.7. The van der Waals surface area contributed by atoms with Crippen molar-refractivity contribution < 1.29 is 8.87 Å². The van der Waals surface area contributed by atoms with Gasteiger partial charge >= 0.3 is 0 Å². The SMILES string of the molecule is C\C=C/C(=C\C=N\CCC[N+](CC)(CC)CC)C(/F)=C/c1ccc2cc(N(CCCC)CCCC)ccc2c1. The van der Waals surface area contributed by atoms with Crippen LogP contribution in [0.5, 0.6) is 0 Å². The van der Waals surface area contributed by atoms with Gasteiger partial charge in [0.1, 0.15) is 5.83 Å². The van der Waals surface area contributed by atoms with Gasteiger partial charge in [-0.1, -0.05) is 57.0 Å². The van der Waals surface area contributed by atoms with Gasteiger partial charge in [0.25, 0.3) is 0 Å². The Balaban J connectivity index is 2.14. The van der Waals surface area contributed by atoms with Crippen molar-refractivity contribution in [1.82, 2.24) is 0 Å². The minimum atomic E-state index is -0.251. The summed E-state index contributed by atoms with van der Waals surface area (Å²) in [5.74, 6) is -0.251. The van der Waals surface area contributed by atoms with Gasteiger partial charge in [0.05, 0.1) is 26.2 Å². The number of quaternary nitrogens is 1.